The number of halogens is 2. The van der Waals surface area contributed by atoms with E-state index in [-0.39, 0.29) is 17.5 Å². The van der Waals surface area contributed by atoms with Crippen LogP contribution in [0.3, 0.4) is 0 Å². The first kappa shape index (κ1) is 20.0. The normalized spacial score (nSPS) is 11.1. The van der Waals surface area contributed by atoms with Gasteiger partial charge < -0.3 is 4.57 Å². The third kappa shape index (κ3) is 5.17. The summed E-state index contributed by atoms with van der Waals surface area (Å²) in [5.74, 6) is 0.183. The number of benzene rings is 2. The largest absolute Gasteiger partial charge is 0.302 e. The van der Waals surface area contributed by atoms with Crippen LogP contribution in [-0.4, -0.2) is 32.6 Å². The molecular formula is C19H17ClFN5OS. The summed E-state index contributed by atoms with van der Waals surface area (Å²) in [5, 5.41) is 13.5. The molecule has 0 aliphatic carbocycles. The zero-order chi connectivity index (χ0) is 19.9. The van der Waals surface area contributed by atoms with Crippen LogP contribution >= 0.6 is 23.4 Å². The second-order valence-electron chi connectivity index (χ2n) is 5.69. The molecule has 0 bridgehead atoms. The van der Waals surface area contributed by atoms with Gasteiger partial charge in [0.15, 0.2) is 11.0 Å². The maximum Gasteiger partial charge on any atom is 0.250 e. The minimum atomic E-state index is -0.360. The Kier molecular flexibility index (Phi) is 6.78. The highest BCUT2D eigenvalue weighted by molar-refractivity contribution is 7.99. The van der Waals surface area contributed by atoms with Crippen LogP contribution in [0.15, 0.2) is 58.8 Å². The lowest BCUT2D eigenvalue weighted by Gasteiger charge is -2.07. The molecule has 3 rings (SSSR count). The third-order valence-electron chi connectivity index (χ3n) is 3.72. The molecule has 0 aliphatic rings. The number of carbonyl (C=O) groups is 1. The Bertz CT molecular complexity index is 990. The lowest BCUT2D eigenvalue weighted by molar-refractivity contribution is -0.118. The van der Waals surface area contributed by atoms with Crippen molar-refractivity contribution in [3.8, 4) is 11.4 Å². The molecule has 1 aromatic heterocycles. The number of amides is 1. The highest BCUT2D eigenvalue weighted by Crippen LogP contribution is 2.24. The molecule has 0 fully saturated rings. The summed E-state index contributed by atoms with van der Waals surface area (Å²) in [6.45, 7) is 2.64. The standard InChI is InChI=1S/C19H17ClFN5OS/c1-2-26-18(14-6-8-15(20)9-7-14)24-25-19(26)28-12-17(27)23-22-11-13-4-3-5-16(21)10-13/h3-11H,2,12H2,1H3,(H,23,27)/b22-11-. The number of hydrazone groups is 1. The number of hydrogen-bond acceptors (Lipinski definition) is 5. The maximum atomic E-state index is 13.1. The van der Waals surface area contributed by atoms with Crippen LogP contribution in [0, 0.1) is 5.82 Å². The van der Waals surface area contributed by atoms with Gasteiger partial charge in [0, 0.05) is 17.1 Å². The van der Waals surface area contributed by atoms with Gasteiger partial charge in [-0.3, -0.25) is 4.79 Å². The molecule has 0 saturated heterocycles. The van der Waals surface area contributed by atoms with Crippen LogP contribution in [0.2, 0.25) is 5.02 Å². The number of nitrogens with zero attached hydrogens (tertiary/aromatic N) is 4. The molecule has 144 valence electrons. The summed E-state index contributed by atoms with van der Waals surface area (Å²) in [5.41, 5.74) is 3.88. The number of thioether (sulfide) groups is 1. The van der Waals surface area contributed by atoms with Gasteiger partial charge in [0.2, 0.25) is 0 Å². The number of carbonyl (C=O) groups excluding carboxylic acids is 1. The van der Waals surface area contributed by atoms with Crippen LogP contribution in [0.1, 0.15) is 12.5 Å². The van der Waals surface area contributed by atoms with Crippen molar-refractivity contribution in [3.05, 3.63) is 64.9 Å². The van der Waals surface area contributed by atoms with Crippen LogP contribution < -0.4 is 5.43 Å². The molecule has 0 aliphatic heterocycles. The van der Waals surface area contributed by atoms with E-state index in [1.165, 1.54) is 30.1 Å². The van der Waals surface area contributed by atoms with Gasteiger partial charge in [0.1, 0.15) is 5.82 Å². The average molecular weight is 418 g/mol. The molecule has 0 saturated carbocycles. The second kappa shape index (κ2) is 9.48. The smallest absolute Gasteiger partial charge is 0.250 e. The maximum absolute atomic E-state index is 13.1. The summed E-state index contributed by atoms with van der Waals surface area (Å²) in [6, 6.07) is 13.3. The van der Waals surface area contributed by atoms with E-state index < -0.39 is 0 Å². The molecular weight excluding hydrogens is 401 g/mol. The fourth-order valence-electron chi connectivity index (χ4n) is 2.42. The monoisotopic (exact) mass is 417 g/mol. The molecule has 9 heteroatoms. The third-order valence-corrected chi connectivity index (χ3v) is 4.94. The lowest BCUT2D eigenvalue weighted by Crippen LogP contribution is -2.20. The van der Waals surface area contributed by atoms with Crippen molar-refractivity contribution >= 4 is 35.5 Å². The lowest BCUT2D eigenvalue weighted by atomic mass is 10.2. The van der Waals surface area contributed by atoms with E-state index in [1.54, 1.807) is 24.3 Å². The summed E-state index contributed by atoms with van der Waals surface area (Å²) < 4.78 is 15.0. The van der Waals surface area contributed by atoms with Crippen LogP contribution in [0.5, 0.6) is 0 Å². The van der Waals surface area contributed by atoms with Gasteiger partial charge in [-0.15, -0.1) is 10.2 Å². The molecule has 1 N–H and O–H groups in total. The van der Waals surface area contributed by atoms with Crippen molar-refractivity contribution in [3.63, 3.8) is 0 Å². The number of hydrogen-bond donors (Lipinski definition) is 1. The Morgan fingerprint density at radius 1 is 1.29 bits per heavy atom. The molecule has 1 amide bonds. The van der Waals surface area contributed by atoms with E-state index in [0.717, 1.165) is 5.56 Å². The van der Waals surface area contributed by atoms with E-state index >= 15 is 0 Å². The van der Waals surface area contributed by atoms with Crippen LogP contribution in [-0.2, 0) is 11.3 Å². The Hall–Kier alpha value is -2.71. The first-order valence-electron chi connectivity index (χ1n) is 8.46. The van der Waals surface area contributed by atoms with E-state index in [1.807, 2.05) is 23.6 Å². The van der Waals surface area contributed by atoms with E-state index in [2.05, 4.69) is 20.7 Å². The fraction of sp³-hybridized carbons (Fsp3) is 0.158. The molecule has 0 radical (unpaired) electrons. The summed E-state index contributed by atoms with van der Waals surface area (Å²) in [6.07, 6.45) is 1.39. The molecule has 28 heavy (non-hydrogen) atoms. The number of rotatable bonds is 7. The predicted molar refractivity (Wildman–Crippen MR) is 109 cm³/mol. The first-order chi connectivity index (χ1) is 13.6. The quantitative estimate of drug-likeness (QED) is 0.358. The number of nitrogens with one attached hydrogen (secondary N) is 1. The van der Waals surface area contributed by atoms with Gasteiger partial charge in [0.05, 0.1) is 12.0 Å². The Labute approximate surface area is 170 Å². The minimum Gasteiger partial charge on any atom is -0.302 e. The summed E-state index contributed by atoms with van der Waals surface area (Å²) in [4.78, 5) is 12.0. The molecule has 6 nitrogen and oxygen atoms in total. The highest BCUT2D eigenvalue weighted by Gasteiger charge is 2.14. The number of aromatic nitrogens is 3. The first-order valence-corrected chi connectivity index (χ1v) is 9.82. The minimum absolute atomic E-state index is 0.124. The molecule has 1 heterocycles. The highest BCUT2D eigenvalue weighted by atomic mass is 35.5. The molecule has 3 aromatic rings. The zero-order valence-corrected chi connectivity index (χ0v) is 16.5. The SMILES string of the molecule is CCn1c(SCC(=O)N/N=C\c2cccc(F)c2)nnc1-c1ccc(Cl)cc1. The van der Waals surface area contributed by atoms with Crippen LogP contribution in [0.4, 0.5) is 4.39 Å². The summed E-state index contributed by atoms with van der Waals surface area (Å²) >= 11 is 7.19. The Morgan fingerprint density at radius 2 is 2.07 bits per heavy atom. The molecule has 2 aromatic carbocycles. The van der Waals surface area contributed by atoms with Gasteiger partial charge >= 0.3 is 0 Å². The predicted octanol–water partition coefficient (Wildman–Crippen LogP) is 4.00. The van der Waals surface area contributed by atoms with Crippen molar-refractivity contribution in [2.24, 2.45) is 5.10 Å². The van der Waals surface area contributed by atoms with Crippen molar-refractivity contribution in [1.82, 2.24) is 20.2 Å². The van der Waals surface area contributed by atoms with Gasteiger partial charge in [-0.2, -0.15) is 5.10 Å². The van der Waals surface area contributed by atoms with Gasteiger partial charge in [-0.25, -0.2) is 9.82 Å². The van der Waals surface area contributed by atoms with Gasteiger partial charge in [-0.05, 0) is 48.9 Å². The topological polar surface area (TPSA) is 72.2 Å². The fourth-order valence-corrected chi connectivity index (χ4v) is 3.34. The average Bonchev–Trinajstić information content (AvgIpc) is 3.10. The molecule has 0 unspecified atom stereocenters. The van der Waals surface area contributed by atoms with E-state index in [9.17, 15) is 9.18 Å². The van der Waals surface area contributed by atoms with Crippen molar-refractivity contribution in [2.45, 2.75) is 18.6 Å². The molecule has 0 spiro atoms. The summed E-state index contributed by atoms with van der Waals surface area (Å²) in [7, 11) is 0. The van der Waals surface area contributed by atoms with Gasteiger partial charge in [-0.1, -0.05) is 35.5 Å². The Balaban J connectivity index is 1.59. The molecule has 0 atom stereocenters. The second-order valence-corrected chi connectivity index (χ2v) is 7.07. The van der Waals surface area contributed by atoms with E-state index in [4.69, 9.17) is 11.6 Å². The van der Waals surface area contributed by atoms with Crippen molar-refractivity contribution in [2.75, 3.05) is 5.75 Å². The zero-order valence-electron chi connectivity index (χ0n) is 15.0. The van der Waals surface area contributed by atoms with Gasteiger partial charge in [0.25, 0.3) is 5.91 Å². The van der Waals surface area contributed by atoms with E-state index in [0.29, 0.717) is 28.1 Å². The van der Waals surface area contributed by atoms with Crippen LogP contribution in [0.25, 0.3) is 11.4 Å². The van der Waals surface area contributed by atoms with Crippen molar-refractivity contribution in [1.29, 1.82) is 0 Å². The van der Waals surface area contributed by atoms with Crippen molar-refractivity contribution < 1.29 is 9.18 Å². The Morgan fingerprint density at radius 3 is 2.79 bits per heavy atom.